The highest BCUT2D eigenvalue weighted by atomic mass is 19.3. The monoisotopic (exact) mass is 390 g/mol. The molecule has 0 saturated carbocycles. The second-order valence-corrected chi connectivity index (χ2v) is 5.74. The number of alkyl halides is 2. The van der Waals surface area contributed by atoms with Gasteiger partial charge in [-0.05, 0) is 19.1 Å². The number of halogens is 3. The van der Waals surface area contributed by atoms with Crippen LogP contribution in [0.4, 0.5) is 24.8 Å². The van der Waals surface area contributed by atoms with Gasteiger partial charge in [0.05, 0.1) is 24.1 Å². The van der Waals surface area contributed by atoms with E-state index < -0.39 is 18.6 Å². The lowest BCUT2D eigenvalue weighted by Gasteiger charge is -2.12. The number of nitrogens with zero attached hydrogens (tertiary/aromatic N) is 6. The van der Waals surface area contributed by atoms with Gasteiger partial charge in [-0.15, -0.1) is 0 Å². The number of fused-ring (bicyclic) bond motifs is 1. The van der Waals surface area contributed by atoms with Crippen LogP contribution in [0.1, 0.15) is 18.7 Å². The van der Waals surface area contributed by atoms with E-state index in [0.29, 0.717) is 22.7 Å². The molecule has 0 amide bonds. The van der Waals surface area contributed by atoms with Crippen LogP contribution >= 0.6 is 0 Å². The predicted molar refractivity (Wildman–Crippen MR) is 91.8 cm³/mol. The average molecular weight is 390 g/mol. The van der Waals surface area contributed by atoms with Crippen LogP contribution in [-0.4, -0.2) is 41.5 Å². The number of H-pyrrole nitrogens is 1. The van der Waals surface area contributed by atoms with Crippen molar-refractivity contribution in [2.75, 3.05) is 5.32 Å². The second kappa shape index (κ2) is 7.13. The molecule has 0 spiro atoms. The molecule has 0 aliphatic carbocycles. The van der Waals surface area contributed by atoms with Gasteiger partial charge in [0.25, 0.3) is 0 Å². The molecule has 0 unspecified atom stereocenters. The van der Waals surface area contributed by atoms with Gasteiger partial charge in [0.15, 0.2) is 17.3 Å². The second-order valence-electron chi connectivity index (χ2n) is 5.74. The molecule has 4 aromatic heterocycles. The third-order valence-corrected chi connectivity index (χ3v) is 3.86. The summed E-state index contributed by atoms with van der Waals surface area (Å²) < 4.78 is 43.7. The standard InChI is InChI=1S/C16H13F3N8O/c1-8(9-3-2-4-11(17)22-9)27-15-10(6-21-27)20-7-13(24-15)23-12-5-14(26-25-12)28-16(18)19/h2-8,16H,1H3,(H2,23,24,25,26)/t8-/m0/s1. The molecule has 0 fully saturated rings. The zero-order valence-corrected chi connectivity index (χ0v) is 14.3. The van der Waals surface area contributed by atoms with Crippen LogP contribution in [0.5, 0.6) is 5.88 Å². The van der Waals surface area contributed by atoms with E-state index in [1.165, 1.54) is 24.5 Å². The number of rotatable bonds is 6. The third-order valence-electron chi connectivity index (χ3n) is 3.86. The number of nitrogens with one attached hydrogen (secondary N) is 2. The number of aromatic nitrogens is 7. The summed E-state index contributed by atoms with van der Waals surface area (Å²) in [5.41, 5.74) is 1.44. The summed E-state index contributed by atoms with van der Waals surface area (Å²) in [7, 11) is 0. The summed E-state index contributed by atoms with van der Waals surface area (Å²) in [5, 5.41) is 13.2. The Morgan fingerprint density at radius 3 is 2.82 bits per heavy atom. The van der Waals surface area contributed by atoms with Crippen molar-refractivity contribution in [2.24, 2.45) is 0 Å². The molecule has 4 heterocycles. The number of hydrogen-bond donors (Lipinski definition) is 2. The van der Waals surface area contributed by atoms with E-state index >= 15 is 0 Å². The van der Waals surface area contributed by atoms with E-state index in [1.807, 2.05) is 0 Å². The SMILES string of the molecule is C[C@@H](c1cccc(F)n1)n1ncc2ncc(Nc3cc(OC(F)F)[nH]n3)nc21. The number of hydrogen-bond acceptors (Lipinski definition) is 7. The summed E-state index contributed by atoms with van der Waals surface area (Å²) in [5.74, 6) is -0.254. The lowest BCUT2D eigenvalue weighted by atomic mass is 10.2. The van der Waals surface area contributed by atoms with Crippen molar-refractivity contribution < 1.29 is 17.9 Å². The van der Waals surface area contributed by atoms with Crippen LogP contribution in [0.25, 0.3) is 11.2 Å². The first-order chi connectivity index (χ1) is 13.5. The topological polar surface area (TPSA) is 106 Å². The minimum absolute atomic E-state index is 0.192. The van der Waals surface area contributed by atoms with Crippen molar-refractivity contribution in [1.29, 1.82) is 0 Å². The molecule has 12 heteroatoms. The van der Waals surface area contributed by atoms with Gasteiger partial charge in [0.2, 0.25) is 11.8 Å². The highest BCUT2D eigenvalue weighted by molar-refractivity contribution is 5.72. The third kappa shape index (κ3) is 3.56. The van der Waals surface area contributed by atoms with Gasteiger partial charge in [0, 0.05) is 6.07 Å². The van der Waals surface area contributed by atoms with E-state index in [0.717, 1.165) is 0 Å². The first kappa shape index (κ1) is 17.7. The van der Waals surface area contributed by atoms with Crippen LogP contribution in [-0.2, 0) is 0 Å². The predicted octanol–water partition coefficient (Wildman–Crippen LogP) is 3.04. The molecule has 1 atom stereocenters. The number of aromatic amines is 1. The zero-order chi connectivity index (χ0) is 19.7. The Morgan fingerprint density at radius 2 is 2.04 bits per heavy atom. The summed E-state index contributed by atoms with van der Waals surface area (Å²) in [6, 6.07) is 5.37. The average Bonchev–Trinajstić information content (AvgIpc) is 3.27. The van der Waals surface area contributed by atoms with Crippen molar-refractivity contribution in [3.63, 3.8) is 0 Å². The number of ether oxygens (including phenoxy) is 1. The lowest BCUT2D eigenvalue weighted by molar-refractivity contribution is -0.0528. The van der Waals surface area contributed by atoms with Crippen molar-refractivity contribution in [3.05, 3.63) is 48.3 Å². The van der Waals surface area contributed by atoms with E-state index in [-0.39, 0.29) is 11.7 Å². The normalized spacial score (nSPS) is 12.5. The quantitative estimate of drug-likeness (QED) is 0.487. The Bertz CT molecular complexity index is 1110. The van der Waals surface area contributed by atoms with Crippen LogP contribution < -0.4 is 10.1 Å². The molecule has 9 nitrogen and oxygen atoms in total. The fraction of sp³-hybridized carbons (Fsp3) is 0.188. The maximum Gasteiger partial charge on any atom is 0.388 e. The van der Waals surface area contributed by atoms with Gasteiger partial charge in [-0.25, -0.2) is 24.7 Å². The van der Waals surface area contributed by atoms with E-state index in [4.69, 9.17) is 0 Å². The number of pyridine rings is 1. The molecule has 0 aromatic carbocycles. The Kier molecular flexibility index (Phi) is 4.51. The summed E-state index contributed by atoms with van der Waals surface area (Å²) >= 11 is 0. The molecule has 2 N–H and O–H groups in total. The molecular formula is C16H13F3N8O. The van der Waals surface area contributed by atoms with Crippen LogP contribution in [0.2, 0.25) is 0 Å². The highest BCUT2D eigenvalue weighted by Crippen LogP contribution is 2.23. The van der Waals surface area contributed by atoms with Gasteiger partial charge < -0.3 is 10.1 Å². The van der Waals surface area contributed by atoms with Gasteiger partial charge in [-0.2, -0.15) is 23.4 Å². The van der Waals surface area contributed by atoms with Crippen LogP contribution in [0, 0.1) is 5.95 Å². The van der Waals surface area contributed by atoms with Crippen LogP contribution in [0.3, 0.4) is 0 Å². The first-order valence-electron chi connectivity index (χ1n) is 8.09. The maximum absolute atomic E-state index is 13.4. The molecule has 4 rings (SSSR count). The minimum Gasteiger partial charge on any atom is -0.417 e. The van der Waals surface area contributed by atoms with Gasteiger partial charge in [-0.1, -0.05) is 6.07 Å². The Labute approximate surface area is 155 Å². The van der Waals surface area contributed by atoms with Crippen molar-refractivity contribution >= 4 is 22.8 Å². The van der Waals surface area contributed by atoms with E-state index in [2.05, 4.69) is 40.3 Å². The molecule has 0 aliphatic rings. The van der Waals surface area contributed by atoms with Gasteiger partial charge >= 0.3 is 6.61 Å². The fourth-order valence-electron chi connectivity index (χ4n) is 2.60. The fourth-order valence-corrected chi connectivity index (χ4v) is 2.60. The minimum atomic E-state index is -2.96. The molecule has 0 bridgehead atoms. The van der Waals surface area contributed by atoms with E-state index in [1.54, 1.807) is 23.7 Å². The molecule has 0 saturated heterocycles. The molecule has 0 radical (unpaired) electrons. The summed E-state index contributed by atoms with van der Waals surface area (Å²) in [4.78, 5) is 12.6. The Hall–Kier alpha value is -3.70. The van der Waals surface area contributed by atoms with E-state index in [9.17, 15) is 13.2 Å². The lowest BCUT2D eigenvalue weighted by Crippen LogP contribution is -2.11. The zero-order valence-electron chi connectivity index (χ0n) is 14.3. The summed E-state index contributed by atoms with van der Waals surface area (Å²) in [6.45, 7) is -1.16. The van der Waals surface area contributed by atoms with Crippen LogP contribution in [0.15, 0.2) is 36.7 Å². The van der Waals surface area contributed by atoms with Crippen molar-refractivity contribution in [3.8, 4) is 5.88 Å². The molecule has 4 aromatic rings. The smallest absolute Gasteiger partial charge is 0.388 e. The maximum atomic E-state index is 13.4. The molecule has 144 valence electrons. The first-order valence-corrected chi connectivity index (χ1v) is 8.09. The Balaban J connectivity index is 1.62. The highest BCUT2D eigenvalue weighted by Gasteiger charge is 2.16. The molecule has 0 aliphatic heterocycles. The van der Waals surface area contributed by atoms with Gasteiger partial charge in [-0.3, -0.25) is 0 Å². The summed E-state index contributed by atoms with van der Waals surface area (Å²) in [6.07, 6.45) is 2.98. The van der Waals surface area contributed by atoms with Crippen molar-refractivity contribution in [1.82, 2.24) is 34.9 Å². The number of anilines is 2. The van der Waals surface area contributed by atoms with Crippen molar-refractivity contribution in [2.45, 2.75) is 19.6 Å². The van der Waals surface area contributed by atoms with Gasteiger partial charge in [0.1, 0.15) is 5.52 Å². The Morgan fingerprint density at radius 1 is 1.18 bits per heavy atom. The molecular weight excluding hydrogens is 377 g/mol. The largest absolute Gasteiger partial charge is 0.417 e. The molecule has 28 heavy (non-hydrogen) atoms.